The van der Waals surface area contributed by atoms with Crippen LogP contribution in [0.1, 0.15) is 17.4 Å². The van der Waals surface area contributed by atoms with Gasteiger partial charge in [0.1, 0.15) is 6.54 Å². The topological polar surface area (TPSA) is 84.9 Å². The van der Waals surface area contributed by atoms with E-state index in [1.54, 1.807) is 24.3 Å². The van der Waals surface area contributed by atoms with Gasteiger partial charge in [-0.05, 0) is 12.1 Å². The number of ether oxygens (including phenoxy) is 2. The minimum Gasteiger partial charge on any atom is -0.480 e. The van der Waals surface area contributed by atoms with Crippen LogP contribution in [0.25, 0.3) is 0 Å². The number of hydrogen-bond acceptors (Lipinski definition) is 4. The second kappa shape index (κ2) is 6.19. The molecular weight excluding hydrogens is 262 g/mol. The summed E-state index contributed by atoms with van der Waals surface area (Å²) in [5.74, 6) is 0.881. The van der Waals surface area contributed by atoms with Gasteiger partial charge in [-0.1, -0.05) is 18.1 Å². The van der Waals surface area contributed by atoms with Crippen LogP contribution >= 0.6 is 0 Å². The fraction of sp³-hybridized carbons (Fsp3) is 0.286. The van der Waals surface area contributed by atoms with Gasteiger partial charge in [-0.25, -0.2) is 0 Å². The van der Waals surface area contributed by atoms with Gasteiger partial charge < -0.3 is 19.9 Å². The fourth-order valence-electron chi connectivity index (χ4n) is 1.73. The molecule has 6 nitrogen and oxygen atoms in total. The molecule has 1 amide bonds. The monoisotopic (exact) mass is 275 g/mol. The molecule has 1 aliphatic heterocycles. The van der Waals surface area contributed by atoms with E-state index in [2.05, 4.69) is 11.2 Å². The Hall–Kier alpha value is -2.36. The van der Waals surface area contributed by atoms with Crippen molar-refractivity contribution in [2.24, 2.45) is 0 Å². The molecule has 2 N–H and O–H groups in total. The number of hydrogen-bond donors (Lipinski definition) is 2. The highest BCUT2D eigenvalue weighted by atomic mass is 16.7. The van der Waals surface area contributed by atoms with Gasteiger partial charge in [-0.3, -0.25) is 9.59 Å². The Morgan fingerprint density at radius 2 is 2.10 bits per heavy atom. The standard InChI is InChI=1S/C14H13NO5/c1-2-9-3-5-10(6-4-9)14-19-8-11(20-14)13(18)15-7-12(16)17/h1,3-6,11,14H,7-8H2,(H,15,18)(H,16,17)/t11-,14?/m1/s1. The van der Waals surface area contributed by atoms with E-state index in [4.69, 9.17) is 21.0 Å². The summed E-state index contributed by atoms with van der Waals surface area (Å²) in [6.07, 6.45) is 3.80. The van der Waals surface area contributed by atoms with E-state index in [1.807, 2.05) is 0 Å². The van der Waals surface area contributed by atoms with Crippen LogP contribution in [0.3, 0.4) is 0 Å². The third kappa shape index (κ3) is 3.35. The second-order valence-electron chi connectivity index (χ2n) is 4.17. The lowest BCUT2D eigenvalue weighted by Crippen LogP contribution is -2.38. The van der Waals surface area contributed by atoms with Gasteiger partial charge in [0.15, 0.2) is 12.4 Å². The number of carbonyl (C=O) groups excluding carboxylic acids is 1. The van der Waals surface area contributed by atoms with Crippen LogP contribution in [-0.2, 0) is 19.1 Å². The largest absolute Gasteiger partial charge is 0.480 e. The number of terminal acetylenes is 1. The number of aliphatic carboxylic acids is 1. The van der Waals surface area contributed by atoms with E-state index in [1.165, 1.54) is 0 Å². The molecule has 2 rings (SSSR count). The van der Waals surface area contributed by atoms with E-state index < -0.39 is 30.8 Å². The van der Waals surface area contributed by atoms with Crippen LogP contribution in [0.15, 0.2) is 24.3 Å². The SMILES string of the molecule is C#Cc1ccc(C2OC[C@H](C(=O)NCC(=O)O)O2)cc1. The minimum absolute atomic E-state index is 0.0764. The van der Waals surface area contributed by atoms with E-state index in [9.17, 15) is 9.59 Å². The zero-order chi connectivity index (χ0) is 14.5. The summed E-state index contributed by atoms with van der Waals surface area (Å²) in [6.45, 7) is -0.368. The first-order chi connectivity index (χ1) is 9.60. The Balaban J connectivity index is 1.92. The molecule has 0 aliphatic carbocycles. The summed E-state index contributed by atoms with van der Waals surface area (Å²) in [7, 11) is 0. The smallest absolute Gasteiger partial charge is 0.322 e. The number of benzene rings is 1. The third-order valence-electron chi connectivity index (χ3n) is 2.74. The summed E-state index contributed by atoms with van der Waals surface area (Å²) < 4.78 is 10.8. The van der Waals surface area contributed by atoms with Gasteiger partial charge in [0.05, 0.1) is 6.61 Å². The Morgan fingerprint density at radius 3 is 2.70 bits per heavy atom. The van der Waals surface area contributed by atoms with Crippen molar-refractivity contribution >= 4 is 11.9 Å². The molecule has 1 aromatic rings. The average molecular weight is 275 g/mol. The molecule has 1 aromatic carbocycles. The quantitative estimate of drug-likeness (QED) is 0.771. The Bertz CT molecular complexity index is 546. The number of amides is 1. The van der Waals surface area contributed by atoms with Gasteiger partial charge in [-0.2, -0.15) is 0 Å². The molecule has 0 saturated carbocycles. The van der Waals surface area contributed by atoms with Gasteiger partial charge >= 0.3 is 5.97 Å². The molecule has 1 aliphatic rings. The lowest BCUT2D eigenvalue weighted by Gasteiger charge is -2.11. The molecule has 1 saturated heterocycles. The van der Waals surface area contributed by atoms with Crippen molar-refractivity contribution in [2.75, 3.05) is 13.2 Å². The zero-order valence-corrected chi connectivity index (χ0v) is 10.5. The molecule has 2 atom stereocenters. The first-order valence-electron chi connectivity index (χ1n) is 5.93. The highest BCUT2D eigenvalue weighted by Gasteiger charge is 2.32. The molecule has 1 fully saturated rings. The van der Waals surface area contributed by atoms with Crippen LogP contribution in [0.4, 0.5) is 0 Å². The van der Waals surface area contributed by atoms with Crippen molar-refractivity contribution in [1.29, 1.82) is 0 Å². The molecule has 6 heteroatoms. The minimum atomic E-state index is -1.11. The number of carboxylic acid groups (broad SMARTS) is 1. The number of carbonyl (C=O) groups is 2. The Kier molecular flexibility index (Phi) is 4.35. The van der Waals surface area contributed by atoms with Crippen molar-refractivity contribution < 1.29 is 24.2 Å². The Morgan fingerprint density at radius 1 is 1.40 bits per heavy atom. The molecule has 0 aromatic heterocycles. The zero-order valence-electron chi connectivity index (χ0n) is 10.5. The molecule has 104 valence electrons. The molecule has 20 heavy (non-hydrogen) atoms. The van der Waals surface area contributed by atoms with E-state index in [-0.39, 0.29) is 6.61 Å². The van der Waals surface area contributed by atoms with Crippen molar-refractivity contribution in [3.63, 3.8) is 0 Å². The Labute approximate surface area is 115 Å². The van der Waals surface area contributed by atoms with Crippen molar-refractivity contribution in [2.45, 2.75) is 12.4 Å². The second-order valence-corrected chi connectivity index (χ2v) is 4.17. The van der Waals surface area contributed by atoms with Crippen LogP contribution in [0.2, 0.25) is 0 Å². The maximum Gasteiger partial charge on any atom is 0.322 e. The fourth-order valence-corrected chi connectivity index (χ4v) is 1.73. The predicted octanol–water partition coefficient (Wildman–Crippen LogP) is 0.283. The van der Waals surface area contributed by atoms with Gasteiger partial charge in [-0.15, -0.1) is 6.42 Å². The predicted molar refractivity (Wildman–Crippen MR) is 68.6 cm³/mol. The van der Waals surface area contributed by atoms with Crippen molar-refractivity contribution in [3.05, 3.63) is 35.4 Å². The van der Waals surface area contributed by atoms with E-state index in [0.717, 1.165) is 11.1 Å². The lowest BCUT2D eigenvalue weighted by atomic mass is 10.1. The normalized spacial score (nSPS) is 21.1. The first kappa shape index (κ1) is 14.1. The highest BCUT2D eigenvalue weighted by Crippen LogP contribution is 2.27. The van der Waals surface area contributed by atoms with Gasteiger partial charge in [0.2, 0.25) is 0 Å². The molecule has 1 unspecified atom stereocenters. The van der Waals surface area contributed by atoms with Crippen LogP contribution < -0.4 is 5.32 Å². The molecular formula is C14H13NO5. The average Bonchev–Trinajstić information content (AvgIpc) is 2.94. The molecule has 0 bridgehead atoms. The summed E-state index contributed by atoms with van der Waals surface area (Å²) in [4.78, 5) is 22.0. The van der Waals surface area contributed by atoms with Gasteiger partial charge in [0, 0.05) is 11.1 Å². The third-order valence-corrected chi connectivity index (χ3v) is 2.74. The number of nitrogens with one attached hydrogen (secondary N) is 1. The number of rotatable bonds is 4. The molecule has 0 spiro atoms. The maximum absolute atomic E-state index is 11.6. The van der Waals surface area contributed by atoms with Gasteiger partial charge in [0.25, 0.3) is 5.91 Å². The highest BCUT2D eigenvalue weighted by molar-refractivity contribution is 5.84. The molecule has 0 radical (unpaired) electrons. The van der Waals surface area contributed by atoms with Crippen molar-refractivity contribution in [3.8, 4) is 12.3 Å². The lowest BCUT2D eigenvalue weighted by molar-refractivity contribution is -0.141. The maximum atomic E-state index is 11.6. The van der Waals surface area contributed by atoms with Crippen LogP contribution in [-0.4, -0.2) is 36.2 Å². The first-order valence-corrected chi connectivity index (χ1v) is 5.93. The summed E-state index contributed by atoms with van der Waals surface area (Å²) >= 11 is 0. The molecule has 1 heterocycles. The van der Waals surface area contributed by atoms with Crippen LogP contribution in [0.5, 0.6) is 0 Å². The summed E-state index contributed by atoms with van der Waals surface area (Å²) in [5.41, 5.74) is 1.49. The van der Waals surface area contributed by atoms with E-state index >= 15 is 0 Å². The summed E-state index contributed by atoms with van der Waals surface area (Å²) in [6, 6.07) is 7.02. The van der Waals surface area contributed by atoms with Crippen molar-refractivity contribution in [1.82, 2.24) is 5.32 Å². The van der Waals surface area contributed by atoms with E-state index in [0.29, 0.717) is 0 Å². The number of carboxylic acids is 1. The summed E-state index contributed by atoms with van der Waals surface area (Å²) in [5, 5.41) is 10.7. The van der Waals surface area contributed by atoms with Crippen LogP contribution in [0, 0.1) is 12.3 Å².